The second kappa shape index (κ2) is 5.49. The van der Waals surface area contributed by atoms with Gasteiger partial charge in [-0.05, 0) is 19.8 Å². The van der Waals surface area contributed by atoms with Crippen molar-refractivity contribution in [3.63, 3.8) is 0 Å². The van der Waals surface area contributed by atoms with Gasteiger partial charge in [-0.3, -0.25) is 4.79 Å². The zero-order chi connectivity index (χ0) is 12.3. The molecule has 0 aromatic carbocycles. The Bertz CT molecular complexity index is 386. The highest BCUT2D eigenvalue weighted by Crippen LogP contribution is 2.30. The first-order valence-corrected chi connectivity index (χ1v) is 6.95. The Morgan fingerprint density at radius 2 is 2.29 bits per heavy atom. The topological polar surface area (TPSA) is 53.4 Å². The molecule has 0 spiro atoms. The van der Waals surface area contributed by atoms with Crippen molar-refractivity contribution < 1.29 is 9.90 Å². The Labute approximate surface area is 105 Å². The fourth-order valence-corrected chi connectivity index (χ4v) is 3.24. The van der Waals surface area contributed by atoms with Crippen LogP contribution < -0.4 is 4.90 Å². The van der Waals surface area contributed by atoms with Gasteiger partial charge in [0.25, 0.3) is 0 Å². The molecule has 1 aliphatic rings. The molecule has 1 heterocycles. The van der Waals surface area contributed by atoms with Crippen LogP contribution in [0.2, 0.25) is 0 Å². The van der Waals surface area contributed by atoms with Gasteiger partial charge in [0.2, 0.25) is 0 Å². The summed E-state index contributed by atoms with van der Waals surface area (Å²) in [6.07, 6.45) is 5.02. The third-order valence-electron chi connectivity index (χ3n) is 3.18. The Morgan fingerprint density at radius 1 is 1.59 bits per heavy atom. The molecular formula is C12H18N2O2S. The SMILES string of the molecule is Cc1csc(N(CCC(=O)O)C2CCCC2)n1. The van der Waals surface area contributed by atoms with Crippen molar-refractivity contribution in [2.24, 2.45) is 0 Å². The molecule has 0 unspecified atom stereocenters. The van der Waals surface area contributed by atoms with E-state index in [2.05, 4.69) is 9.88 Å². The highest BCUT2D eigenvalue weighted by atomic mass is 32.1. The molecule has 0 atom stereocenters. The summed E-state index contributed by atoms with van der Waals surface area (Å²) in [4.78, 5) is 17.4. The third-order valence-corrected chi connectivity index (χ3v) is 4.18. The van der Waals surface area contributed by atoms with Gasteiger partial charge in [-0.25, -0.2) is 4.98 Å². The molecule has 1 aliphatic carbocycles. The Morgan fingerprint density at radius 3 is 2.82 bits per heavy atom. The molecule has 0 radical (unpaired) electrons. The number of aryl methyl sites for hydroxylation is 1. The van der Waals surface area contributed by atoms with Gasteiger partial charge in [-0.1, -0.05) is 12.8 Å². The number of thiazole rings is 1. The van der Waals surface area contributed by atoms with Crippen LogP contribution in [0.5, 0.6) is 0 Å². The second-order valence-electron chi connectivity index (χ2n) is 4.55. The van der Waals surface area contributed by atoms with Gasteiger partial charge in [0.05, 0.1) is 12.1 Å². The zero-order valence-corrected chi connectivity index (χ0v) is 10.9. The van der Waals surface area contributed by atoms with Gasteiger partial charge >= 0.3 is 5.97 Å². The van der Waals surface area contributed by atoms with Gasteiger partial charge in [0.1, 0.15) is 0 Å². The number of rotatable bonds is 5. The fraction of sp³-hybridized carbons (Fsp3) is 0.667. The van der Waals surface area contributed by atoms with Crippen molar-refractivity contribution >= 4 is 22.4 Å². The summed E-state index contributed by atoms with van der Waals surface area (Å²) in [7, 11) is 0. The van der Waals surface area contributed by atoms with Crippen LogP contribution in [0.15, 0.2) is 5.38 Å². The molecule has 5 heteroatoms. The van der Waals surface area contributed by atoms with Gasteiger partial charge in [-0.2, -0.15) is 0 Å². The monoisotopic (exact) mass is 254 g/mol. The van der Waals surface area contributed by atoms with Crippen LogP contribution in [-0.4, -0.2) is 28.6 Å². The van der Waals surface area contributed by atoms with Gasteiger partial charge < -0.3 is 10.0 Å². The van der Waals surface area contributed by atoms with E-state index in [4.69, 9.17) is 5.11 Å². The maximum atomic E-state index is 10.7. The number of carboxylic acids is 1. The Hall–Kier alpha value is -1.10. The van der Waals surface area contributed by atoms with E-state index in [1.807, 2.05) is 12.3 Å². The largest absolute Gasteiger partial charge is 0.481 e. The highest BCUT2D eigenvalue weighted by Gasteiger charge is 2.24. The Kier molecular flexibility index (Phi) is 3.99. The molecule has 0 bridgehead atoms. The van der Waals surface area contributed by atoms with Crippen LogP contribution >= 0.6 is 11.3 Å². The van der Waals surface area contributed by atoms with E-state index in [0.29, 0.717) is 12.6 Å². The van der Waals surface area contributed by atoms with Crippen molar-refractivity contribution in [3.05, 3.63) is 11.1 Å². The summed E-state index contributed by atoms with van der Waals surface area (Å²) >= 11 is 1.62. The van der Waals surface area contributed by atoms with E-state index in [-0.39, 0.29) is 6.42 Å². The molecule has 2 rings (SSSR count). The fourth-order valence-electron chi connectivity index (χ4n) is 2.34. The number of aliphatic carboxylic acids is 1. The van der Waals surface area contributed by atoms with E-state index in [0.717, 1.165) is 23.7 Å². The minimum atomic E-state index is -0.735. The lowest BCUT2D eigenvalue weighted by molar-refractivity contribution is -0.136. The molecule has 0 amide bonds. The third kappa shape index (κ3) is 3.19. The average molecular weight is 254 g/mol. The molecule has 4 nitrogen and oxygen atoms in total. The van der Waals surface area contributed by atoms with Crippen LogP contribution in [-0.2, 0) is 4.79 Å². The van der Waals surface area contributed by atoms with Crippen molar-refractivity contribution in [1.82, 2.24) is 4.98 Å². The summed E-state index contributed by atoms with van der Waals surface area (Å²) in [6.45, 7) is 2.55. The maximum Gasteiger partial charge on any atom is 0.305 e. The maximum absolute atomic E-state index is 10.7. The number of hydrogen-bond acceptors (Lipinski definition) is 4. The molecule has 1 aromatic rings. The molecule has 1 fully saturated rings. The number of carbonyl (C=O) groups is 1. The lowest BCUT2D eigenvalue weighted by Crippen LogP contribution is -2.35. The number of carboxylic acid groups (broad SMARTS) is 1. The molecule has 17 heavy (non-hydrogen) atoms. The van der Waals surface area contributed by atoms with E-state index in [1.54, 1.807) is 11.3 Å². The van der Waals surface area contributed by atoms with Crippen LogP contribution in [0.25, 0.3) is 0 Å². The molecule has 0 saturated heterocycles. The summed E-state index contributed by atoms with van der Waals surface area (Å²) in [6, 6.07) is 0.486. The number of hydrogen-bond donors (Lipinski definition) is 1. The van der Waals surface area contributed by atoms with Gasteiger partial charge in [-0.15, -0.1) is 11.3 Å². The van der Waals surface area contributed by atoms with Crippen molar-refractivity contribution in [3.8, 4) is 0 Å². The average Bonchev–Trinajstić information content (AvgIpc) is 2.90. The summed E-state index contributed by atoms with van der Waals surface area (Å²) in [5.74, 6) is -0.735. The predicted molar refractivity (Wildman–Crippen MR) is 68.7 cm³/mol. The van der Waals surface area contributed by atoms with E-state index in [1.165, 1.54) is 12.8 Å². The second-order valence-corrected chi connectivity index (χ2v) is 5.38. The lowest BCUT2D eigenvalue weighted by atomic mass is 10.2. The molecule has 1 N–H and O–H groups in total. The molecule has 0 aliphatic heterocycles. The van der Waals surface area contributed by atoms with Crippen LogP contribution in [0.3, 0.4) is 0 Å². The van der Waals surface area contributed by atoms with Crippen LogP contribution in [0.1, 0.15) is 37.8 Å². The minimum absolute atomic E-state index is 0.190. The van der Waals surface area contributed by atoms with Gasteiger partial charge in [0.15, 0.2) is 5.13 Å². The quantitative estimate of drug-likeness (QED) is 0.877. The molecular weight excluding hydrogens is 236 g/mol. The summed E-state index contributed by atoms with van der Waals surface area (Å²) < 4.78 is 0. The Balaban J connectivity index is 2.08. The van der Waals surface area contributed by atoms with E-state index in [9.17, 15) is 4.79 Å². The predicted octanol–water partition coefficient (Wildman–Crippen LogP) is 2.68. The minimum Gasteiger partial charge on any atom is -0.481 e. The molecule has 94 valence electrons. The molecule has 1 aromatic heterocycles. The number of anilines is 1. The van der Waals surface area contributed by atoms with Crippen LogP contribution in [0.4, 0.5) is 5.13 Å². The first-order valence-electron chi connectivity index (χ1n) is 6.07. The highest BCUT2D eigenvalue weighted by molar-refractivity contribution is 7.13. The van der Waals surface area contributed by atoms with Crippen molar-refractivity contribution in [2.75, 3.05) is 11.4 Å². The number of aromatic nitrogens is 1. The standard InChI is InChI=1S/C12H18N2O2S/c1-9-8-17-12(13-9)14(7-6-11(15)16)10-4-2-3-5-10/h8,10H,2-7H2,1H3,(H,15,16). The smallest absolute Gasteiger partial charge is 0.305 e. The van der Waals surface area contributed by atoms with Crippen LogP contribution in [0, 0.1) is 6.92 Å². The normalized spacial score (nSPS) is 16.3. The molecule has 1 saturated carbocycles. The van der Waals surface area contributed by atoms with Gasteiger partial charge in [0, 0.05) is 18.0 Å². The first kappa shape index (κ1) is 12.4. The van der Waals surface area contributed by atoms with E-state index >= 15 is 0 Å². The lowest BCUT2D eigenvalue weighted by Gasteiger charge is -2.27. The number of nitrogens with zero attached hydrogens (tertiary/aromatic N) is 2. The summed E-state index contributed by atoms with van der Waals surface area (Å²) in [5, 5.41) is 11.8. The van der Waals surface area contributed by atoms with Crippen molar-refractivity contribution in [2.45, 2.75) is 45.1 Å². The first-order chi connectivity index (χ1) is 8.16. The van der Waals surface area contributed by atoms with E-state index < -0.39 is 5.97 Å². The zero-order valence-electron chi connectivity index (χ0n) is 10.1. The van der Waals surface area contributed by atoms with Crippen molar-refractivity contribution in [1.29, 1.82) is 0 Å². The summed E-state index contributed by atoms with van der Waals surface area (Å²) in [5.41, 5.74) is 1.02.